The number of aromatic nitrogens is 6. The fraction of sp³-hybridized carbons (Fsp3) is 0.303. The zero-order valence-electron chi connectivity index (χ0n) is 24.7. The second kappa shape index (κ2) is 12.0. The highest BCUT2D eigenvalue weighted by Crippen LogP contribution is 2.37. The van der Waals surface area contributed by atoms with Crippen molar-refractivity contribution in [1.82, 2.24) is 34.6 Å². The summed E-state index contributed by atoms with van der Waals surface area (Å²) in [6.07, 6.45) is 8.70. The molecule has 6 heterocycles. The normalized spacial score (nSPS) is 15.2. The van der Waals surface area contributed by atoms with Crippen molar-refractivity contribution < 1.29 is 24.2 Å². The molecule has 0 radical (unpaired) electrons. The maximum absolute atomic E-state index is 12.3. The van der Waals surface area contributed by atoms with Gasteiger partial charge in [-0.15, -0.1) is 0 Å². The first-order chi connectivity index (χ1) is 21.9. The molecule has 2 aliphatic heterocycles. The summed E-state index contributed by atoms with van der Waals surface area (Å²) in [7, 11) is 0. The van der Waals surface area contributed by atoms with Gasteiger partial charge in [0.2, 0.25) is 11.8 Å². The van der Waals surface area contributed by atoms with Gasteiger partial charge in [0, 0.05) is 98.3 Å². The summed E-state index contributed by atoms with van der Waals surface area (Å²) in [5.74, 6) is -0.273. The summed E-state index contributed by atoms with van der Waals surface area (Å²) in [5.41, 5.74) is 5.85. The van der Waals surface area contributed by atoms with Crippen LogP contribution in [0.2, 0.25) is 0 Å². The number of carbonyl (C=O) groups is 2. The number of aromatic carboxylic acids is 1. The van der Waals surface area contributed by atoms with Gasteiger partial charge in [0.25, 0.3) is 0 Å². The highest BCUT2D eigenvalue weighted by molar-refractivity contribution is 5.97. The second-order valence-corrected chi connectivity index (χ2v) is 11.2. The van der Waals surface area contributed by atoms with E-state index >= 15 is 0 Å². The molecule has 228 valence electrons. The highest BCUT2D eigenvalue weighted by Gasteiger charge is 2.30. The van der Waals surface area contributed by atoms with Crippen LogP contribution < -0.4 is 4.74 Å². The number of amides is 1. The maximum atomic E-state index is 12.3. The summed E-state index contributed by atoms with van der Waals surface area (Å²) in [5, 5.41) is 16.2. The van der Waals surface area contributed by atoms with Gasteiger partial charge in [-0.1, -0.05) is 18.2 Å². The molecule has 4 aromatic heterocycles. The van der Waals surface area contributed by atoms with Crippen molar-refractivity contribution in [1.29, 1.82) is 0 Å². The lowest BCUT2D eigenvalue weighted by atomic mass is 9.96. The molecule has 1 fully saturated rings. The smallest absolute Gasteiger partial charge is 0.338 e. The monoisotopic (exact) mass is 605 g/mol. The largest absolute Gasteiger partial charge is 0.478 e. The molecule has 0 unspecified atom stereocenters. The molecule has 0 aliphatic carbocycles. The zero-order valence-corrected chi connectivity index (χ0v) is 24.7. The minimum atomic E-state index is -1.08. The first-order valence-corrected chi connectivity index (χ1v) is 14.9. The Morgan fingerprint density at radius 3 is 2.58 bits per heavy atom. The van der Waals surface area contributed by atoms with Gasteiger partial charge in [-0.25, -0.2) is 19.7 Å². The van der Waals surface area contributed by atoms with E-state index in [9.17, 15) is 9.59 Å². The van der Waals surface area contributed by atoms with Crippen LogP contribution in [0, 0.1) is 0 Å². The quantitative estimate of drug-likeness (QED) is 0.282. The number of carboxylic acid groups (broad SMARTS) is 1. The lowest BCUT2D eigenvalue weighted by Gasteiger charge is -2.29. The number of carboxylic acids is 1. The molecule has 0 saturated carbocycles. The van der Waals surface area contributed by atoms with Crippen LogP contribution >= 0.6 is 0 Å². The molecule has 1 saturated heterocycles. The standard InChI is InChI=1S/C33H31N7O5/c1-20(41)39-10-7-29-27(18-39)32(38-40(29)24-8-11-44-12-9-24)25-4-2-3-21-13-28(34-17-26(21)25)22-5-6-31(37-14-22)45-19-30-35-15-23(16-36-30)33(42)43/h2-6,13-17,24H,7-12,18-19H2,1H3,(H,42,43). The number of ether oxygens (including phenoxy) is 2. The van der Waals surface area contributed by atoms with Crippen LogP contribution in [0.25, 0.3) is 33.3 Å². The predicted octanol–water partition coefficient (Wildman–Crippen LogP) is 4.48. The van der Waals surface area contributed by atoms with Gasteiger partial charge < -0.3 is 19.5 Å². The summed E-state index contributed by atoms with van der Waals surface area (Å²) in [6.45, 7) is 4.39. The van der Waals surface area contributed by atoms with Gasteiger partial charge in [-0.3, -0.25) is 14.5 Å². The van der Waals surface area contributed by atoms with Crippen LogP contribution in [0.1, 0.15) is 53.2 Å². The summed E-state index contributed by atoms with van der Waals surface area (Å²) in [6, 6.07) is 12.1. The average molecular weight is 606 g/mol. The predicted molar refractivity (Wildman–Crippen MR) is 163 cm³/mol. The third-order valence-corrected chi connectivity index (χ3v) is 8.42. The molecule has 0 bridgehead atoms. The van der Waals surface area contributed by atoms with E-state index in [0.717, 1.165) is 71.3 Å². The Morgan fingerprint density at radius 2 is 1.84 bits per heavy atom. The van der Waals surface area contributed by atoms with Crippen LogP contribution in [0.5, 0.6) is 5.88 Å². The fourth-order valence-electron chi connectivity index (χ4n) is 5.99. The molecule has 0 atom stereocenters. The minimum absolute atomic E-state index is 0.0138. The third kappa shape index (κ3) is 5.72. The van der Waals surface area contributed by atoms with E-state index in [-0.39, 0.29) is 24.1 Å². The van der Waals surface area contributed by atoms with Gasteiger partial charge >= 0.3 is 5.97 Å². The van der Waals surface area contributed by atoms with Crippen molar-refractivity contribution in [3.05, 3.63) is 83.8 Å². The molecule has 12 nitrogen and oxygen atoms in total. The van der Waals surface area contributed by atoms with E-state index in [2.05, 4.69) is 31.8 Å². The van der Waals surface area contributed by atoms with E-state index < -0.39 is 5.97 Å². The minimum Gasteiger partial charge on any atom is -0.478 e. The first-order valence-electron chi connectivity index (χ1n) is 14.9. The lowest BCUT2D eigenvalue weighted by molar-refractivity contribution is -0.129. The number of hydrogen-bond donors (Lipinski definition) is 1. The van der Waals surface area contributed by atoms with Gasteiger partial charge in [0.1, 0.15) is 6.61 Å². The molecule has 0 spiro atoms. The van der Waals surface area contributed by atoms with Crippen molar-refractivity contribution in [2.24, 2.45) is 0 Å². The molecule has 2 aliphatic rings. The number of rotatable bonds is 7. The Morgan fingerprint density at radius 1 is 1.02 bits per heavy atom. The van der Waals surface area contributed by atoms with Crippen LogP contribution in [-0.4, -0.2) is 71.4 Å². The highest BCUT2D eigenvalue weighted by atomic mass is 16.5. The molecule has 1 N–H and O–H groups in total. The van der Waals surface area contributed by atoms with Gasteiger partial charge in [-0.05, 0) is 30.4 Å². The summed E-state index contributed by atoms with van der Waals surface area (Å²) >= 11 is 0. The molecular weight excluding hydrogens is 574 g/mol. The molecule has 12 heteroatoms. The third-order valence-electron chi connectivity index (χ3n) is 8.42. The maximum Gasteiger partial charge on any atom is 0.338 e. The van der Waals surface area contributed by atoms with Crippen molar-refractivity contribution >= 4 is 22.6 Å². The van der Waals surface area contributed by atoms with E-state index in [1.807, 2.05) is 29.3 Å². The van der Waals surface area contributed by atoms with Crippen LogP contribution in [0.3, 0.4) is 0 Å². The van der Waals surface area contributed by atoms with Crippen molar-refractivity contribution in [3.63, 3.8) is 0 Å². The SMILES string of the molecule is CC(=O)N1CCc2c(c(-c3cccc4cc(-c5ccc(OCc6ncc(C(=O)O)cn6)nc5)ncc34)nn2C2CCOCC2)C1. The topological polar surface area (TPSA) is 145 Å². The first kappa shape index (κ1) is 28.5. The van der Waals surface area contributed by atoms with Crippen LogP contribution in [0.4, 0.5) is 0 Å². The number of hydrogen-bond acceptors (Lipinski definition) is 9. The summed E-state index contributed by atoms with van der Waals surface area (Å²) in [4.78, 5) is 42.5. The van der Waals surface area contributed by atoms with Crippen molar-refractivity contribution in [2.45, 2.75) is 45.4 Å². The Balaban J connectivity index is 1.16. The molecule has 45 heavy (non-hydrogen) atoms. The number of carbonyl (C=O) groups excluding carboxylic acids is 1. The molecule has 5 aromatic rings. The Bertz CT molecular complexity index is 1880. The van der Waals surface area contributed by atoms with E-state index in [4.69, 9.17) is 24.7 Å². The van der Waals surface area contributed by atoms with E-state index in [1.54, 1.807) is 19.2 Å². The fourth-order valence-corrected chi connectivity index (χ4v) is 5.99. The number of fused-ring (bicyclic) bond motifs is 2. The molecule has 1 aromatic carbocycles. The number of benzene rings is 1. The van der Waals surface area contributed by atoms with Gasteiger partial charge in [-0.2, -0.15) is 5.10 Å². The Labute approximate surface area is 258 Å². The second-order valence-electron chi connectivity index (χ2n) is 11.2. The number of pyridine rings is 2. The number of nitrogens with zero attached hydrogens (tertiary/aromatic N) is 7. The van der Waals surface area contributed by atoms with E-state index in [0.29, 0.717) is 24.8 Å². The zero-order chi connectivity index (χ0) is 30.9. The molecule has 7 rings (SSSR count). The van der Waals surface area contributed by atoms with Gasteiger partial charge in [0.05, 0.1) is 23.0 Å². The van der Waals surface area contributed by atoms with Crippen molar-refractivity contribution in [2.75, 3.05) is 19.8 Å². The molecule has 1 amide bonds. The lowest BCUT2D eigenvalue weighted by Crippen LogP contribution is -2.35. The Kier molecular flexibility index (Phi) is 7.64. The summed E-state index contributed by atoms with van der Waals surface area (Å²) < 4.78 is 13.5. The van der Waals surface area contributed by atoms with Gasteiger partial charge in [0.15, 0.2) is 5.82 Å². The van der Waals surface area contributed by atoms with E-state index in [1.165, 1.54) is 18.1 Å². The Hall–Kier alpha value is -5.23. The van der Waals surface area contributed by atoms with Crippen LogP contribution in [-0.2, 0) is 29.1 Å². The average Bonchev–Trinajstić information content (AvgIpc) is 3.46. The van der Waals surface area contributed by atoms with Crippen molar-refractivity contribution in [3.8, 4) is 28.4 Å². The molecular formula is C33H31N7O5. The van der Waals surface area contributed by atoms with Crippen LogP contribution in [0.15, 0.2) is 61.2 Å².